The maximum atomic E-state index is 12.9. The molecular weight excluding hydrogens is 327 g/mol. The number of carbonyl (C=O) groups excluding carboxylic acids is 1. The van der Waals surface area contributed by atoms with E-state index in [1.54, 1.807) is 12.1 Å². The quantitative estimate of drug-likeness (QED) is 0.826. The van der Waals surface area contributed by atoms with E-state index in [2.05, 4.69) is 36.1 Å². The lowest BCUT2D eigenvalue weighted by molar-refractivity contribution is -0.158. The van der Waals surface area contributed by atoms with Crippen LogP contribution in [0.1, 0.15) is 16.7 Å². The second kappa shape index (κ2) is 6.84. The van der Waals surface area contributed by atoms with Crippen molar-refractivity contribution in [2.24, 2.45) is 5.41 Å². The summed E-state index contributed by atoms with van der Waals surface area (Å²) >= 11 is 0. The largest absolute Gasteiger partial charge is 0.341 e. The Kier molecular flexibility index (Phi) is 4.53. The van der Waals surface area contributed by atoms with Crippen LogP contribution in [0.2, 0.25) is 0 Å². The minimum Gasteiger partial charge on any atom is -0.341 e. The summed E-state index contributed by atoms with van der Waals surface area (Å²) in [6.45, 7) is 7.14. The van der Waals surface area contributed by atoms with Crippen LogP contribution in [-0.2, 0) is 17.6 Å². The molecule has 0 N–H and O–H groups in total. The number of aryl methyl sites for hydroxylation is 1. The molecule has 1 amide bonds. The van der Waals surface area contributed by atoms with Crippen LogP contribution in [0.3, 0.4) is 0 Å². The van der Waals surface area contributed by atoms with Gasteiger partial charge in [0.1, 0.15) is 5.82 Å². The highest BCUT2D eigenvalue weighted by molar-refractivity contribution is 5.79. The first kappa shape index (κ1) is 17.2. The van der Waals surface area contributed by atoms with E-state index in [0.717, 1.165) is 44.7 Å². The molecule has 0 atom stereocenters. The van der Waals surface area contributed by atoms with Crippen LogP contribution in [0, 0.1) is 18.2 Å². The molecule has 2 heterocycles. The van der Waals surface area contributed by atoms with Crippen LogP contribution in [-0.4, -0.2) is 48.4 Å². The Labute approximate surface area is 154 Å². The molecule has 2 aromatic rings. The van der Waals surface area contributed by atoms with Crippen LogP contribution in [0.15, 0.2) is 48.5 Å². The van der Waals surface area contributed by atoms with Gasteiger partial charge >= 0.3 is 0 Å². The van der Waals surface area contributed by atoms with Gasteiger partial charge in [0, 0.05) is 38.1 Å². The lowest BCUT2D eigenvalue weighted by Crippen LogP contribution is -2.73. The van der Waals surface area contributed by atoms with Crippen LogP contribution in [0.5, 0.6) is 0 Å². The van der Waals surface area contributed by atoms with Crippen molar-refractivity contribution in [3.05, 3.63) is 71.0 Å². The Balaban J connectivity index is 1.19. The van der Waals surface area contributed by atoms with E-state index in [1.165, 1.54) is 23.3 Å². The molecule has 0 saturated carbocycles. The highest BCUT2D eigenvalue weighted by atomic mass is 19.1. The van der Waals surface area contributed by atoms with Crippen LogP contribution >= 0.6 is 0 Å². The summed E-state index contributed by atoms with van der Waals surface area (Å²) in [5.41, 5.74) is 3.90. The zero-order chi connectivity index (χ0) is 18.1. The molecule has 2 fully saturated rings. The third kappa shape index (κ3) is 3.65. The summed E-state index contributed by atoms with van der Waals surface area (Å²) < 4.78 is 12.9. The van der Waals surface area contributed by atoms with Gasteiger partial charge in [0.2, 0.25) is 5.91 Å². The molecule has 4 heteroatoms. The Morgan fingerprint density at radius 1 is 0.962 bits per heavy atom. The molecule has 0 unspecified atom stereocenters. The van der Waals surface area contributed by atoms with Gasteiger partial charge in [-0.3, -0.25) is 4.79 Å². The first-order chi connectivity index (χ1) is 12.5. The lowest BCUT2D eigenvalue weighted by atomic mass is 9.72. The highest BCUT2D eigenvalue weighted by Crippen LogP contribution is 2.39. The lowest BCUT2D eigenvalue weighted by Gasteiger charge is -2.60. The van der Waals surface area contributed by atoms with E-state index in [9.17, 15) is 9.18 Å². The normalized spacial score (nSPS) is 18.5. The molecule has 0 radical (unpaired) electrons. The second-order valence-corrected chi connectivity index (χ2v) is 8.00. The molecule has 136 valence electrons. The molecule has 3 nitrogen and oxygen atoms in total. The summed E-state index contributed by atoms with van der Waals surface area (Å²) in [7, 11) is 0. The predicted octanol–water partition coefficient (Wildman–Crippen LogP) is 3.06. The third-order valence-corrected chi connectivity index (χ3v) is 5.63. The van der Waals surface area contributed by atoms with Crippen molar-refractivity contribution in [1.82, 2.24) is 9.80 Å². The maximum absolute atomic E-state index is 12.9. The Morgan fingerprint density at radius 2 is 1.58 bits per heavy atom. The molecule has 4 rings (SSSR count). The molecule has 2 saturated heterocycles. The number of carbonyl (C=O) groups is 1. The predicted molar refractivity (Wildman–Crippen MR) is 100 cm³/mol. The minimum atomic E-state index is -0.260. The third-order valence-electron chi connectivity index (χ3n) is 5.63. The fourth-order valence-electron chi connectivity index (χ4n) is 4.13. The molecule has 2 aromatic carbocycles. The van der Waals surface area contributed by atoms with Gasteiger partial charge in [0.05, 0.1) is 6.42 Å². The van der Waals surface area contributed by atoms with Crippen molar-refractivity contribution in [2.75, 3.05) is 32.7 Å². The number of rotatable bonds is 5. The molecule has 2 aliphatic rings. The van der Waals surface area contributed by atoms with Crippen molar-refractivity contribution < 1.29 is 9.18 Å². The fourth-order valence-corrected chi connectivity index (χ4v) is 4.13. The molecule has 1 spiro atoms. The van der Waals surface area contributed by atoms with Crippen molar-refractivity contribution in [3.63, 3.8) is 0 Å². The monoisotopic (exact) mass is 352 g/mol. The Bertz CT molecular complexity index is 771. The molecule has 0 aromatic heterocycles. The van der Waals surface area contributed by atoms with E-state index in [1.807, 2.05) is 4.90 Å². The van der Waals surface area contributed by atoms with Gasteiger partial charge in [-0.1, -0.05) is 42.0 Å². The summed E-state index contributed by atoms with van der Waals surface area (Å²) in [4.78, 5) is 16.8. The average Bonchev–Trinajstić information content (AvgIpc) is 2.55. The highest BCUT2D eigenvalue weighted by Gasteiger charge is 2.52. The summed E-state index contributed by atoms with van der Waals surface area (Å²) in [5.74, 6) is -0.107. The smallest absolute Gasteiger partial charge is 0.227 e. The van der Waals surface area contributed by atoms with E-state index < -0.39 is 0 Å². The van der Waals surface area contributed by atoms with Crippen molar-refractivity contribution in [2.45, 2.75) is 19.8 Å². The SMILES string of the molecule is Cc1ccc(CCN2CC3(C2)CN(C(=O)Cc2ccc(F)cc2)C3)cc1. The van der Waals surface area contributed by atoms with Gasteiger partial charge in [-0.25, -0.2) is 4.39 Å². The van der Waals surface area contributed by atoms with Crippen LogP contribution in [0.25, 0.3) is 0 Å². The van der Waals surface area contributed by atoms with Crippen molar-refractivity contribution in [3.8, 4) is 0 Å². The molecule has 0 aliphatic carbocycles. The topological polar surface area (TPSA) is 23.6 Å². The van der Waals surface area contributed by atoms with Gasteiger partial charge in [0.25, 0.3) is 0 Å². The molecular formula is C22H25FN2O. The molecule has 0 bridgehead atoms. The van der Waals surface area contributed by atoms with Crippen molar-refractivity contribution in [1.29, 1.82) is 0 Å². The maximum Gasteiger partial charge on any atom is 0.227 e. The van der Waals surface area contributed by atoms with Gasteiger partial charge in [-0.15, -0.1) is 0 Å². The molecule has 2 aliphatic heterocycles. The van der Waals surface area contributed by atoms with Gasteiger partial charge in [0.15, 0.2) is 0 Å². The first-order valence-corrected chi connectivity index (χ1v) is 9.32. The standard InChI is InChI=1S/C22H25FN2O/c1-17-2-4-18(5-3-17)10-11-24-13-22(14-24)15-25(16-22)21(26)12-19-6-8-20(23)9-7-19/h2-9H,10-16H2,1H3. The van der Waals surface area contributed by atoms with Gasteiger partial charge in [-0.2, -0.15) is 0 Å². The zero-order valence-corrected chi connectivity index (χ0v) is 15.2. The second-order valence-electron chi connectivity index (χ2n) is 8.00. The average molecular weight is 352 g/mol. The summed E-state index contributed by atoms with van der Waals surface area (Å²) in [5, 5.41) is 0. The number of hydrogen-bond donors (Lipinski definition) is 0. The fraction of sp³-hybridized carbons (Fsp3) is 0.409. The van der Waals surface area contributed by atoms with Crippen LogP contribution < -0.4 is 0 Å². The van der Waals surface area contributed by atoms with Gasteiger partial charge < -0.3 is 9.80 Å². The van der Waals surface area contributed by atoms with Gasteiger partial charge in [-0.05, 0) is 36.6 Å². The zero-order valence-electron chi connectivity index (χ0n) is 15.2. The van der Waals surface area contributed by atoms with E-state index >= 15 is 0 Å². The van der Waals surface area contributed by atoms with Crippen LogP contribution in [0.4, 0.5) is 4.39 Å². The van der Waals surface area contributed by atoms with E-state index in [4.69, 9.17) is 0 Å². The summed E-state index contributed by atoms with van der Waals surface area (Å²) in [6.07, 6.45) is 1.46. The minimum absolute atomic E-state index is 0.153. The number of likely N-dealkylation sites (tertiary alicyclic amines) is 2. The van der Waals surface area contributed by atoms with E-state index in [-0.39, 0.29) is 11.7 Å². The Morgan fingerprint density at radius 3 is 2.23 bits per heavy atom. The number of nitrogens with zero attached hydrogens (tertiary/aromatic N) is 2. The number of amides is 1. The first-order valence-electron chi connectivity index (χ1n) is 9.32. The summed E-state index contributed by atoms with van der Waals surface area (Å²) in [6, 6.07) is 15.0. The van der Waals surface area contributed by atoms with E-state index in [0.29, 0.717) is 11.8 Å². The number of hydrogen-bond acceptors (Lipinski definition) is 2. The number of halogens is 1. The Hall–Kier alpha value is -2.20. The number of benzene rings is 2. The molecule has 26 heavy (non-hydrogen) atoms. The van der Waals surface area contributed by atoms with Crippen molar-refractivity contribution >= 4 is 5.91 Å².